The van der Waals surface area contributed by atoms with Crippen LogP contribution < -0.4 is 0 Å². The normalized spacial score (nSPS) is 8.45. The van der Waals surface area contributed by atoms with Gasteiger partial charge in [-0.1, -0.05) is 26.7 Å². The molecule has 3 heteroatoms. The second-order valence-electron chi connectivity index (χ2n) is 2.32. The monoisotopic (exact) mass is 156 g/mol. The molecule has 0 unspecified atom stereocenters. The molecule has 1 radical (unpaired) electrons. The van der Waals surface area contributed by atoms with Crippen molar-refractivity contribution in [3.8, 4) is 0 Å². The van der Waals surface area contributed by atoms with E-state index >= 15 is 0 Å². The van der Waals surface area contributed by atoms with Gasteiger partial charge in [0.15, 0.2) is 0 Å². The second kappa shape index (κ2) is 16.4. The van der Waals surface area contributed by atoms with Gasteiger partial charge in [0.25, 0.3) is 0 Å². The van der Waals surface area contributed by atoms with E-state index in [9.17, 15) is 0 Å². The van der Waals surface area contributed by atoms with E-state index in [1.54, 1.807) is 0 Å². The standard InChI is InChI=1S/C8H18O.BHN/c1-3-5-7-9-8-6-4-2;1-2/h3-8H2,1-2H3;2H. The van der Waals surface area contributed by atoms with Crippen LogP contribution in [0.25, 0.3) is 0 Å². The van der Waals surface area contributed by atoms with Gasteiger partial charge >= 0.3 is 13.0 Å². The van der Waals surface area contributed by atoms with Crippen LogP contribution in [0.5, 0.6) is 0 Å². The van der Waals surface area contributed by atoms with E-state index in [-0.39, 0.29) is 0 Å². The van der Waals surface area contributed by atoms with Gasteiger partial charge in [0, 0.05) is 13.2 Å². The predicted octanol–water partition coefficient (Wildman–Crippen LogP) is 2.52. The van der Waals surface area contributed by atoms with Crippen molar-refractivity contribution in [2.45, 2.75) is 39.5 Å². The van der Waals surface area contributed by atoms with Gasteiger partial charge in [-0.3, -0.25) is 0 Å². The zero-order valence-electron chi connectivity index (χ0n) is 7.73. The minimum atomic E-state index is 0.955. The Balaban J connectivity index is 0. The summed E-state index contributed by atoms with van der Waals surface area (Å²) in [7, 11) is 3.75. The van der Waals surface area contributed by atoms with Gasteiger partial charge in [-0.15, -0.1) is 0 Å². The van der Waals surface area contributed by atoms with Crippen LogP contribution in [0.1, 0.15) is 39.5 Å². The first-order valence-corrected chi connectivity index (χ1v) is 4.28. The molecule has 0 amide bonds. The van der Waals surface area contributed by atoms with Crippen molar-refractivity contribution in [1.82, 2.24) is 0 Å². The molecule has 0 atom stereocenters. The molecule has 0 aromatic heterocycles. The first-order chi connectivity index (χ1) is 5.41. The molecule has 0 aliphatic heterocycles. The first kappa shape index (κ1) is 13.4. The van der Waals surface area contributed by atoms with E-state index in [4.69, 9.17) is 10.0 Å². The Hall–Kier alpha value is -0.175. The van der Waals surface area contributed by atoms with Crippen molar-refractivity contribution in [3.05, 3.63) is 0 Å². The van der Waals surface area contributed by atoms with Crippen LogP contribution in [0.15, 0.2) is 0 Å². The Kier molecular flexibility index (Phi) is 20.0. The fourth-order valence-corrected chi connectivity index (χ4v) is 0.595. The molecule has 65 valence electrons. The van der Waals surface area contributed by atoms with Crippen molar-refractivity contribution in [3.63, 3.8) is 0 Å². The molecule has 0 heterocycles. The second-order valence-corrected chi connectivity index (χ2v) is 2.32. The van der Waals surface area contributed by atoms with Gasteiger partial charge in [0.05, 0.1) is 0 Å². The maximum atomic E-state index is 5.31. The average molecular weight is 156 g/mol. The average Bonchev–Trinajstić information content (AvgIpc) is 2.08. The number of ether oxygens (including phenoxy) is 1. The molecule has 0 aromatic rings. The molecule has 0 spiro atoms. The van der Waals surface area contributed by atoms with E-state index in [0.29, 0.717) is 0 Å². The van der Waals surface area contributed by atoms with Crippen LogP contribution in [0.2, 0.25) is 0 Å². The molecule has 0 saturated carbocycles. The minimum absolute atomic E-state index is 0.955. The molecule has 2 nitrogen and oxygen atoms in total. The zero-order valence-corrected chi connectivity index (χ0v) is 7.73. The number of nitrogens with one attached hydrogen (secondary N) is 1. The third kappa shape index (κ3) is 17.7. The molecular formula is C8H19BNO. The first-order valence-electron chi connectivity index (χ1n) is 4.28. The summed E-state index contributed by atoms with van der Waals surface area (Å²) in [4.78, 5) is 0. The van der Waals surface area contributed by atoms with Crippen molar-refractivity contribution < 1.29 is 4.74 Å². The Morgan fingerprint density at radius 1 is 1.00 bits per heavy atom. The van der Waals surface area contributed by atoms with Crippen LogP contribution in [-0.2, 0) is 4.74 Å². The van der Waals surface area contributed by atoms with Crippen molar-refractivity contribution in [2.24, 2.45) is 0 Å². The molecule has 0 aromatic carbocycles. The van der Waals surface area contributed by atoms with Gasteiger partial charge in [-0.05, 0) is 12.8 Å². The molecule has 0 aliphatic rings. The summed E-state index contributed by atoms with van der Waals surface area (Å²) in [6, 6.07) is 0. The van der Waals surface area contributed by atoms with Crippen LogP contribution in [0.4, 0.5) is 0 Å². The summed E-state index contributed by atoms with van der Waals surface area (Å²) >= 11 is 0. The van der Waals surface area contributed by atoms with E-state index in [0.717, 1.165) is 13.2 Å². The number of hydrogen-bond acceptors (Lipinski definition) is 2. The number of rotatable bonds is 6. The zero-order chi connectivity index (χ0) is 8.95. The summed E-state index contributed by atoms with van der Waals surface area (Å²) in [5.74, 6) is 0. The van der Waals surface area contributed by atoms with Gasteiger partial charge in [0.1, 0.15) is 0 Å². The Labute approximate surface area is 71.3 Å². The summed E-state index contributed by atoms with van der Waals surface area (Å²) in [5.41, 5.74) is 0. The molecule has 0 aliphatic carbocycles. The number of hydrogen-bond donors (Lipinski definition) is 1. The van der Waals surface area contributed by atoms with Crippen LogP contribution in [-0.4, -0.2) is 20.9 Å². The Bertz CT molecular complexity index is 56.1. The Morgan fingerprint density at radius 2 is 1.36 bits per heavy atom. The van der Waals surface area contributed by atoms with Crippen LogP contribution in [0, 0.1) is 5.31 Å². The van der Waals surface area contributed by atoms with Gasteiger partial charge in [0.2, 0.25) is 0 Å². The van der Waals surface area contributed by atoms with Crippen LogP contribution in [0.3, 0.4) is 0 Å². The molecule has 0 bridgehead atoms. The third-order valence-electron chi connectivity index (χ3n) is 1.28. The van der Waals surface area contributed by atoms with Crippen molar-refractivity contribution in [2.75, 3.05) is 13.2 Å². The molecular weight excluding hydrogens is 137 g/mol. The van der Waals surface area contributed by atoms with E-state index in [1.165, 1.54) is 25.7 Å². The number of unbranched alkanes of at least 4 members (excludes halogenated alkanes) is 2. The van der Waals surface area contributed by atoms with Crippen molar-refractivity contribution in [1.29, 1.82) is 5.31 Å². The molecule has 0 fully saturated rings. The molecule has 11 heavy (non-hydrogen) atoms. The Morgan fingerprint density at radius 3 is 1.64 bits per heavy atom. The fraction of sp³-hybridized carbons (Fsp3) is 1.00. The maximum absolute atomic E-state index is 5.31. The van der Waals surface area contributed by atoms with Crippen molar-refractivity contribution >= 4 is 7.64 Å². The molecule has 0 saturated heterocycles. The SMILES string of the molecule is CCCCOCCCC.[B]=N. The summed E-state index contributed by atoms with van der Waals surface area (Å²) in [5, 5.41) is 5.25. The van der Waals surface area contributed by atoms with Gasteiger partial charge < -0.3 is 4.74 Å². The summed E-state index contributed by atoms with van der Waals surface area (Å²) in [6.07, 6.45) is 4.91. The van der Waals surface area contributed by atoms with E-state index in [2.05, 4.69) is 21.5 Å². The van der Waals surface area contributed by atoms with Gasteiger partial charge in [-0.2, -0.15) is 0 Å². The third-order valence-corrected chi connectivity index (χ3v) is 1.28. The van der Waals surface area contributed by atoms with Crippen LogP contribution >= 0.6 is 0 Å². The summed E-state index contributed by atoms with van der Waals surface area (Å²) in [6.45, 7) is 6.28. The fourth-order valence-electron chi connectivity index (χ4n) is 0.595. The molecule has 0 rings (SSSR count). The van der Waals surface area contributed by atoms with E-state index < -0.39 is 0 Å². The van der Waals surface area contributed by atoms with E-state index in [1.807, 2.05) is 0 Å². The van der Waals surface area contributed by atoms with Gasteiger partial charge in [-0.25, -0.2) is 0 Å². The predicted molar refractivity (Wildman–Crippen MR) is 49.1 cm³/mol. The molecule has 1 N–H and O–H groups in total. The quantitative estimate of drug-likeness (QED) is 0.465. The summed E-state index contributed by atoms with van der Waals surface area (Å²) < 4.78 is 5.31. The topological polar surface area (TPSA) is 33.1 Å².